The second-order valence-corrected chi connectivity index (χ2v) is 6.16. The van der Waals surface area contributed by atoms with E-state index >= 15 is 0 Å². The van der Waals surface area contributed by atoms with Crippen molar-refractivity contribution >= 4 is 17.5 Å². The van der Waals surface area contributed by atoms with E-state index in [9.17, 15) is 9.59 Å². The number of amides is 2. The van der Waals surface area contributed by atoms with Gasteiger partial charge >= 0.3 is 0 Å². The van der Waals surface area contributed by atoms with E-state index in [1.807, 2.05) is 0 Å². The SMILES string of the molecule is COc1cc(NC(=O)C2CC(=O)N(Cc3ccco3)C2)cc(OC)c1OC. The van der Waals surface area contributed by atoms with E-state index in [2.05, 4.69) is 5.32 Å². The molecule has 0 spiro atoms. The Morgan fingerprint density at radius 2 is 1.93 bits per heavy atom. The number of methoxy groups -OCH3 is 3. The predicted molar refractivity (Wildman–Crippen MR) is 97.0 cm³/mol. The Balaban J connectivity index is 1.69. The van der Waals surface area contributed by atoms with E-state index in [4.69, 9.17) is 18.6 Å². The van der Waals surface area contributed by atoms with Crippen LogP contribution in [-0.4, -0.2) is 44.6 Å². The zero-order valence-corrected chi connectivity index (χ0v) is 15.5. The van der Waals surface area contributed by atoms with Gasteiger partial charge in [-0.25, -0.2) is 0 Å². The molecule has 0 aliphatic carbocycles. The van der Waals surface area contributed by atoms with Crippen LogP contribution in [0.15, 0.2) is 34.9 Å². The Bertz CT molecular complexity index is 793. The van der Waals surface area contributed by atoms with Crippen molar-refractivity contribution in [2.45, 2.75) is 13.0 Å². The molecule has 1 saturated heterocycles. The van der Waals surface area contributed by atoms with Crippen molar-refractivity contribution in [1.82, 2.24) is 4.90 Å². The third-order valence-corrected chi connectivity index (χ3v) is 4.44. The van der Waals surface area contributed by atoms with E-state index in [-0.39, 0.29) is 18.2 Å². The molecule has 1 aromatic carbocycles. The molecule has 2 aromatic rings. The van der Waals surface area contributed by atoms with Crippen molar-refractivity contribution in [3.63, 3.8) is 0 Å². The quantitative estimate of drug-likeness (QED) is 0.800. The fourth-order valence-corrected chi connectivity index (χ4v) is 3.09. The Hall–Kier alpha value is -3.16. The molecule has 3 rings (SSSR count). The van der Waals surface area contributed by atoms with Gasteiger partial charge in [0.05, 0.1) is 40.1 Å². The number of ether oxygens (including phenoxy) is 3. The van der Waals surface area contributed by atoms with Crippen LogP contribution in [0.4, 0.5) is 5.69 Å². The van der Waals surface area contributed by atoms with Gasteiger partial charge < -0.3 is 28.8 Å². The van der Waals surface area contributed by atoms with Crippen molar-refractivity contribution in [3.8, 4) is 17.2 Å². The van der Waals surface area contributed by atoms with E-state index in [1.165, 1.54) is 21.3 Å². The first kappa shape index (κ1) is 18.6. The largest absolute Gasteiger partial charge is 0.493 e. The first-order valence-corrected chi connectivity index (χ1v) is 8.46. The third kappa shape index (κ3) is 3.99. The highest BCUT2D eigenvalue weighted by Gasteiger charge is 2.34. The molecule has 0 bridgehead atoms. The van der Waals surface area contributed by atoms with E-state index in [1.54, 1.807) is 35.4 Å². The molecule has 1 N–H and O–H groups in total. The van der Waals surface area contributed by atoms with Gasteiger partial charge in [-0.2, -0.15) is 0 Å². The molecule has 1 aliphatic rings. The number of nitrogens with zero attached hydrogens (tertiary/aromatic N) is 1. The molecule has 1 aliphatic heterocycles. The first-order chi connectivity index (χ1) is 13.0. The van der Waals surface area contributed by atoms with Crippen LogP contribution in [-0.2, 0) is 16.1 Å². The van der Waals surface area contributed by atoms with Crippen molar-refractivity contribution < 1.29 is 28.2 Å². The van der Waals surface area contributed by atoms with E-state index in [0.717, 1.165) is 0 Å². The van der Waals surface area contributed by atoms with Crippen molar-refractivity contribution in [3.05, 3.63) is 36.3 Å². The molecule has 1 aromatic heterocycles. The van der Waals surface area contributed by atoms with Crippen LogP contribution >= 0.6 is 0 Å². The Kier molecular flexibility index (Phi) is 5.54. The highest BCUT2D eigenvalue weighted by atomic mass is 16.5. The molecule has 0 radical (unpaired) electrons. The van der Waals surface area contributed by atoms with Crippen LogP contribution < -0.4 is 19.5 Å². The average molecular weight is 374 g/mol. The zero-order valence-electron chi connectivity index (χ0n) is 15.5. The number of carbonyl (C=O) groups is 2. The van der Waals surface area contributed by atoms with Crippen molar-refractivity contribution in [2.75, 3.05) is 33.2 Å². The van der Waals surface area contributed by atoms with Gasteiger partial charge in [0.15, 0.2) is 11.5 Å². The van der Waals surface area contributed by atoms with Crippen LogP contribution in [0, 0.1) is 5.92 Å². The van der Waals surface area contributed by atoms with Gasteiger partial charge in [0.1, 0.15) is 5.76 Å². The molecule has 1 unspecified atom stereocenters. The van der Waals surface area contributed by atoms with Crippen LogP contribution in [0.3, 0.4) is 0 Å². The fraction of sp³-hybridized carbons (Fsp3) is 0.368. The zero-order chi connectivity index (χ0) is 19.4. The van der Waals surface area contributed by atoms with Crippen LogP contribution in [0.25, 0.3) is 0 Å². The number of anilines is 1. The molecular formula is C19H22N2O6. The van der Waals surface area contributed by atoms with Crippen LogP contribution in [0.5, 0.6) is 17.2 Å². The number of benzene rings is 1. The summed E-state index contributed by atoms with van der Waals surface area (Å²) in [6.45, 7) is 0.704. The summed E-state index contributed by atoms with van der Waals surface area (Å²) in [6.07, 6.45) is 1.72. The fourth-order valence-electron chi connectivity index (χ4n) is 3.09. The van der Waals surface area contributed by atoms with E-state index < -0.39 is 5.92 Å². The maximum atomic E-state index is 12.6. The second-order valence-electron chi connectivity index (χ2n) is 6.16. The lowest BCUT2D eigenvalue weighted by atomic mass is 10.1. The minimum atomic E-state index is -0.438. The molecule has 1 fully saturated rings. The summed E-state index contributed by atoms with van der Waals surface area (Å²) < 4.78 is 21.1. The van der Waals surface area contributed by atoms with Crippen molar-refractivity contribution in [1.29, 1.82) is 0 Å². The molecule has 2 amide bonds. The summed E-state index contributed by atoms with van der Waals surface area (Å²) in [4.78, 5) is 26.5. The summed E-state index contributed by atoms with van der Waals surface area (Å²) in [7, 11) is 4.52. The maximum Gasteiger partial charge on any atom is 0.229 e. The lowest BCUT2D eigenvalue weighted by Gasteiger charge is -2.17. The number of likely N-dealkylation sites (tertiary alicyclic amines) is 1. The molecular weight excluding hydrogens is 352 g/mol. The third-order valence-electron chi connectivity index (χ3n) is 4.44. The summed E-state index contributed by atoms with van der Waals surface area (Å²) >= 11 is 0. The predicted octanol–water partition coefficient (Wildman–Crippen LogP) is 2.29. The van der Waals surface area contributed by atoms with Gasteiger partial charge in [0.2, 0.25) is 17.6 Å². The summed E-state index contributed by atoms with van der Waals surface area (Å²) in [5.74, 6) is 1.26. The molecule has 2 heterocycles. The highest BCUT2D eigenvalue weighted by molar-refractivity contribution is 5.97. The van der Waals surface area contributed by atoms with Gasteiger partial charge in [0.25, 0.3) is 0 Å². The lowest BCUT2D eigenvalue weighted by Crippen LogP contribution is -2.27. The molecule has 0 saturated carbocycles. The van der Waals surface area contributed by atoms with Crippen LogP contribution in [0.2, 0.25) is 0 Å². The van der Waals surface area contributed by atoms with Gasteiger partial charge in [-0.05, 0) is 12.1 Å². The van der Waals surface area contributed by atoms with Gasteiger partial charge in [0, 0.05) is 30.8 Å². The number of carbonyl (C=O) groups excluding carboxylic acids is 2. The molecule has 27 heavy (non-hydrogen) atoms. The molecule has 1 atom stereocenters. The molecule has 8 nitrogen and oxygen atoms in total. The topological polar surface area (TPSA) is 90.2 Å². The van der Waals surface area contributed by atoms with Crippen LogP contribution in [0.1, 0.15) is 12.2 Å². The number of nitrogens with one attached hydrogen (secondary N) is 1. The Morgan fingerprint density at radius 1 is 1.22 bits per heavy atom. The minimum Gasteiger partial charge on any atom is -0.493 e. The smallest absolute Gasteiger partial charge is 0.229 e. The Morgan fingerprint density at radius 3 is 2.48 bits per heavy atom. The standard InChI is InChI=1S/C19H22N2O6/c1-24-15-8-13(9-16(25-2)18(15)26-3)20-19(23)12-7-17(22)21(10-12)11-14-5-4-6-27-14/h4-6,8-9,12H,7,10-11H2,1-3H3,(H,20,23). The Labute approximate surface area is 157 Å². The summed E-state index contributed by atoms with van der Waals surface area (Å²) in [5, 5.41) is 2.83. The lowest BCUT2D eigenvalue weighted by molar-refractivity contribution is -0.128. The monoisotopic (exact) mass is 374 g/mol. The van der Waals surface area contributed by atoms with E-state index in [0.29, 0.717) is 41.8 Å². The minimum absolute atomic E-state index is 0.0727. The average Bonchev–Trinajstić information content (AvgIpc) is 3.31. The highest BCUT2D eigenvalue weighted by Crippen LogP contribution is 2.40. The molecule has 144 valence electrons. The maximum absolute atomic E-state index is 12.6. The number of hydrogen-bond donors (Lipinski definition) is 1. The second kappa shape index (κ2) is 8.03. The van der Waals surface area contributed by atoms with Gasteiger partial charge in [-0.3, -0.25) is 9.59 Å². The summed E-state index contributed by atoms with van der Waals surface area (Å²) in [5.41, 5.74) is 0.506. The normalized spacial score (nSPS) is 16.3. The molecule has 8 heteroatoms. The van der Waals surface area contributed by atoms with Gasteiger partial charge in [-0.15, -0.1) is 0 Å². The number of hydrogen-bond acceptors (Lipinski definition) is 6. The van der Waals surface area contributed by atoms with Gasteiger partial charge in [-0.1, -0.05) is 0 Å². The number of rotatable bonds is 7. The number of furan rings is 1. The van der Waals surface area contributed by atoms with Crippen molar-refractivity contribution in [2.24, 2.45) is 5.92 Å². The first-order valence-electron chi connectivity index (χ1n) is 8.46. The summed E-state index contributed by atoms with van der Waals surface area (Å²) in [6, 6.07) is 6.87.